The molecule has 0 heterocycles. The molecule has 1 aliphatic carbocycles. The number of halogens is 1. The predicted octanol–water partition coefficient (Wildman–Crippen LogP) is 5.39. The fourth-order valence-corrected chi connectivity index (χ4v) is 3.55. The third-order valence-electron chi connectivity index (χ3n) is 4.83. The van der Waals surface area contributed by atoms with Gasteiger partial charge in [-0.25, -0.2) is 4.39 Å². The van der Waals surface area contributed by atoms with Gasteiger partial charge in [-0.15, -0.1) is 0 Å². The smallest absolute Gasteiger partial charge is 0.146 e. The molecular weight excluding hydrogens is 303 g/mol. The third-order valence-corrected chi connectivity index (χ3v) is 4.83. The standard InChI is InChI=1S/C20H23FN2O/c21-18-7-4-8-19(14-18)22-20(23-24)13-15-9-11-17(12-10-15)16-5-2-1-3-6-16/h1-8,14-15,17,24H,9-13H2,(H,22,23)/t15-,17+. The second-order valence-corrected chi connectivity index (χ2v) is 6.51. The Bertz CT molecular complexity index is 679. The van der Waals surface area contributed by atoms with Crippen LogP contribution in [-0.2, 0) is 0 Å². The summed E-state index contributed by atoms with van der Waals surface area (Å²) in [6.07, 6.45) is 5.24. The topological polar surface area (TPSA) is 44.6 Å². The van der Waals surface area contributed by atoms with Gasteiger partial charge in [0.1, 0.15) is 11.7 Å². The molecule has 0 atom stereocenters. The highest BCUT2D eigenvalue weighted by Gasteiger charge is 2.23. The lowest BCUT2D eigenvalue weighted by molar-refractivity contribution is 0.306. The highest BCUT2D eigenvalue weighted by molar-refractivity contribution is 5.95. The summed E-state index contributed by atoms with van der Waals surface area (Å²) in [5, 5.41) is 15.6. The van der Waals surface area contributed by atoms with Crippen LogP contribution in [-0.4, -0.2) is 11.0 Å². The van der Waals surface area contributed by atoms with Crippen molar-refractivity contribution in [1.82, 2.24) is 0 Å². The number of anilines is 1. The van der Waals surface area contributed by atoms with Gasteiger partial charge in [0.25, 0.3) is 0 Å². The zero-order chi connectivity index (χ0) is 16.8. The third kappa shape index (κ3) is 4.34. The molecule has 0 unspecified atom stereocenters. The summed E-state index contributed by atoms with van der Waals surface area (Å²) in [5.74, 6) is 1.33. The van der Waals surface area contributed by atoms with Gasteiger partial charge in [-0.3, -0.25) is 0 Å². The second-order valence-electron chi connectivity index (χ2n) is 6.51. The van der Waals surface area contributed by atoms with Crippen LogP contribution < -0.4 is 5.32 Å². The molecule has 1 saturated carbocycles. The zero-order valence-corrected chi connectivity index (χ0v) is 13.7. The number of rotatable bonds is 4. The van der Waals surface area contributed by atoms with Crippen molar-refractivity contribution in [3.63, 3.8) is 0 Å². The molecule has 0 radical (unpaired) electrons. The van der Waals surface area contributed by atoms with E-state index in [2.05, 4.69) is 40.8 Å². The van der Waals surface area contributed by atoms with Gasteiger partial charge < -0.3 is 10.5 Å². The molecule has 2 aromatic carbocycles. The molecule has 0 aliphatic heterocycles. The molecule has 0 saturated heterocycles. The number of nitrogens with one attached hydrogen (secondary N) is 1. The molecule has 0 aromatic heterocycles. The van der Waals surface area contributed by atoms with Crippen LogP contribution in [0.2, 0.25) is 0 Å². The first-order valence-electron chi connectivity index (χ1n) is 8.53. The number of oxime groups is 1. The predicted molar refractivity (Wildman–Crippen MR) is 95.0 cm³/mol. The van der Waals surface area contributed by atoms with E-state index in [9.17, 15) is 9.60 Å². The Morgan fingerprint density at radius 2 is 1.79 bits per heavy atom. The van der Waals surface area contributed by atoms with Crippen LogP contribution in [0.25, 0.3) is 0 Å². The van der Waals surface area contributed by atoms with Gasteiger partial charge in [0.2, 0.25) is 0 Å². The lowest BCUT2D eigenvalue weighted by Gasteiger charge is -2.29. The van der Waals surface area contributed by atoms with Crippen molar-refractivity contribution in [1.29, 1.82) is 0 Å². The Morgan fingerprint density at radius 1 is 1.04 bits per heavy atom. The summed E-state index contributed by atoms with van der Waals surface area (Å²) in [4.78, 5) is 0. The quantitative estimate of drug-likeness (QED) is 0.342. The van der Waals surface area contributed by atoms with Crippen LogP contribution in [0.1, 0.15) is 43.6 Å². The molecule has 0 amide bonds. The van der Waals surface area contributed by atoms with Gasteiger partial charge in [0, 0.05) is 12.1 Å². The largest absolute Gasteiger partial charge is 0.409 e. The Hall–Kier alpha value is -2.36. The molecule has 1 aliphatic rings. The van der Waals surface area contributed by atoms with Crippen LogP contribution in [0.3, 0.4) is 0 Å². The lowest BCUT2D eigenvalue weighted by Crippen LogP contribution is -2.21. The zero-order valence-electron chi connectivity index (χ0n) is 13.7. The van der Waals surface area contributed by atoms with Crippen LogP contribution in [0, 0.1) is 11.7 Å². The summed E-state index contributed by atoms with van der Waals surface area (Å²) in [6.45, 7) is 0. The van der Waals surface area contributed by atoms with Gasteiger partial charge in [-0.05, 0) is 61.3 Å². The van der Waals surface area contributed by atoms with E-state index in [0.717, 1.165) is 25.7 Å². The fourth-order valence-electron chi connectivity index (χ4n) is 3.55. The maximum atomic E-state index is 13.2. The number of nitrogens with zero attached hydrogens (tertiary/aromatic N) is 1. The van der Waals surface area contributed by atoms with Crippen molar-refractivity contribution in [3.05, 3.63) is 66.0 Å². The first-order valence-corrected chi connectivity index (χ1v) is 8.53. The average Bonchev–Trinajstić information content (AvgIpc) is 2.62. The second kappa shape index (κ2) is 7.95. The number of amidine groups is 1. The van der Waals surface area contributed by atoms with E-state index in [0.29, 0.717) is 29.8 Å². The molecule has 126 valence electrons. The lowest BCUT2D eigenvalue weighted by atomic mass is 9.77. The van der Waals surface area contributed by atoms with Gasteiger partial charge in [0.15, 0.2) is 0 Å². The maximum absolute atomic E-state index is 13.2. The van der Waals surface area contributed by atoms with Crippen LogP contribution in [0.15, 0.2) is 59.8 Å². The van der Waals surface area contributed by atoms with E-state index in [1.165, 1.54) is 17.7 Å². The molecule has 24 heavy (non-hydrogen) atoms. The van der Waals surface area contributed by atoms with E-state index in [4.69, 9.17) is 0 Å². The van der Waals surface area contributed by atoms with Crippen molar-refractivity contribution in [2.45, 2.75) is 38.0 Å². The minimum Gasteiger partial charge on any atom is -0.409 e. The van der Waals surface area contributed by atoms with Gasteiger partial charge in [-0.2, -0.15) is 0 Å². The van der Waals surface area contributed by atoms with Crippen molar-refractivity contribution in [3.8, 4) is 0 Å². The molecular formula is C20H23FN2O. The van der Waals surface area contributed by atoms with E-state index >= 15 is 0 Å². The summed E-state index contributed by atoms with van der Waals surface area (Å²) >= 11 is 0. The van der Waals surface area contributed by atoms with Crippen molar-refractivity contribution in [2.24, 2.45) is 11.1 Å². The molecule has 1 fully saturated rings. The molecule has 3 rings (SSSR count). The number of hydrogen-bond acceptors (Lipinski definition) is 2. The minimum atomic E-state index is -0.305. The Morgan fingerprint density at radius 3 is 2.46 bits per heavy atom. The van der Waals surface area contributed by atoms with Crippen molar-refractivity contribution in [2.75, 3.05) is 5.32 Å². The SMILES string of the molecule is O/N=C(/C[C@H]1CC[C@@H](c2ccccc2)CC1)Nc1cccc(F)c1. The Balaban J connectivity index is 1.53. The van der Waals surface area contributed by atoms with Gasteiger partial charge in [0.05, 0.1) is 0 Å². The van der Waals surface area contributed by atoms with E-state index in [1.54, 1.807) is 12.1 Å². The molecule has 2 N–H and O–H groups in total. The summed E-state index contributed by atoms with van der Waals surface area (Å²) in [6, 6.07) is 16.9. The first kappa shape index (κ1) is 16.5. The van der Waals surface area contributed by atoms with Crippen LogP contribution in [0.5, 0.6) is 0 Å². The maximum Gasteiger partial charge on any atom is 0.146 e. The van der Waals surface area contributed by atoms with Crippen molar-refractivity contribution < 1.29 is 9.60 Å². The molecule has 2 aromatic rings. The van der Waals surface area contributed by atoms with Gasteiger partial charge in [-0.1, -0.05) is 41.6 Å². The van der Waals surface area contributed by atoms with Crippen LogP contribution >= 0.6 is 0 Å². The minimum absolute atomic E-state index is 0.305. The summed E-state index contributed by atoms with van der Waals surface area (Å²) in [5.41, 5.74) is 2.03. The highest BCUT2D eigenvalue weighted by Crippen LogP contribution is 2.37. The summed E-state index contributed by atoms with van der Waals surface area (Å²) < 4.78 is 13.2. The average molecular weight is 326 g/mol. The highest BCUT2D eigenvalue weighted by atomic mass is 19.1. The van der Waals surface area contributed by atoms with E-state index < -0.39 is 0 Å². The monoisotopic (exact) mass is 326 g/mol. The first-order chi connectivity index (χ1) is 11.7. The molecule has 4 heteroatoms. The van der Waals surface area contributed by atoms with Crippen molar-refractivity contribution >= 4 is 11.5 Å². The van der Waals surface area contributed by atoms with E-state index in [1.807, 2.05) is 0 Å². The molecule has 0 spiro atoms. The van der Waals surface area contributed by atoms with Crippen LogP contribution in [0.4, 0.5) is 10.1 Å². The fraction of sp³-hybridized carbons (Fsp3) is 0.350. The number of hydrogen-bond donors (Lipinski definition) is 2. The molecule has 0 bridgehead atoms. The number of benzene rings is 2. The Kier molecular flexibility index (Phi) is 5.47. The molecule has 3 nitrogen and oxygen atoms in total. The Labute approximate surface area is 142 Å². The van der Waals surface area contributed by atoms with E-state index in [-0.39, 0.29) is 5.82 Å². The van der Waals surface area contributed by atoms with Gasteiger partial charge >= 0.3 is 0 Å². The summed E-state index contributed by atoms with van der Waals surface area (Å²) in [7, 11) is 0. The normalized spacial score (nSPS) is 21.5.